The molecular formula is C23H26N4O2. The normalized spacial score (nSPS) is 16.3. The fourth-order valence-corrected chi connectivity index (χ4v) is 3.77. The van der Waals surface area contributed by atoms with E-state index in [1.54, 1.807) is 23.0 Å². The molecule has 0 fully saturated rings. The topological polar surface area (TPSA) is 71.2 Å². The molecule has 3 aromatic rings. The summed E-state index contributed by atoms with van der Waals surface area (Å²) in [4.78, 5) is 23.8. The lowest BCUT2D eigenvalue weighted by Crippen LogP contribution is -2.53. The largest absolute Gasteiger partial charge is 0.387 e. The van der Waals surface area contributed by atoms with Crippen LogP contribution in [-0.2, 0) is 6.54 Å². The third-order valence-corrected chi connectivity index (χ3v) is 5.70. The molecule has 6 heteroatoms. The van der Waals surface area contributed by atoms with Crippen LogP contribution in [0, 0.1) is 6.92 Å². The third kappa shape index (κ3) is 3.80. The zero-order valence-electron chi connectivity index (χ0n) is 17.0. The number of β-amino-alcohol motifs (C(OH)–C–C–N with tert-alkyl or cyclic N) is 1. The second kappa shape index (κ2) is 7.44. The molecule has 1 unspecified atom stereocenters. The summed E-state index contributed by atoms with van der Waals surface area (Å²) in [5.41, 5.74) is 3.17. The molecular weight excluding hydrogens is 364 g/mol. The van der Waals surface area contributed by atoms with Crippen molar-refractivity contribution < 1.29 is 5.11 Å². The van der Waals surface area contributed by atoms with E-state index in [1.807, 2.05) is 43.3 Å². The summed E-state index contributed by atoms with van der Waals surface area (Å²) < 4.78 is 1.71. The van der Waals surface area contributed by atoms with Crippen LogP contribution >= 0.6 is 0 Å². The lowest BCUT2D eigenvalue weighted by molar-refractivity contribution is 0.169. The van der Waals surface area contributed by atoms with E-state index < -0.39 is 6.10 Å². The Hall–Kier alpha value is -2.99. The van der Waals surface area contributed by atoms with Gasteiger partial charge in [-0.25, -0.2) is 4.98 Å². The number of aryl methyl sites for hydroxylation is 1. The van der Waals surface area contributed by atoms with E-state index in [9.17, 15) is 9.90 Å². The lowest BCUT2D eigenvalue weighted by atomic mass is 9.94. The number of aromatic nitrogens is 3. The van der Waals surface area contributed by atoms with Crippen LogP contribution in [0.2, 0.25) is 0 Å². The number of hydrogen-bond acceptors (Lipinski definition) is 5. The van der Waals surface area contributed by atoms with E-state index in [4.69, 9.17) is 4.98 Å². The van der Waals surface area contributed by atoms with Crippen LogP contribution in [0.3, 0.4) is 0 Å². The number of fused-ring (bicyclic) bond motifs is 1. The highest BCUT2D eigenvalue weighted by Crippen LogP contribution is 2.33. The van der Waals surface area contributed by atoms with Gasteiger partial charge in [0, 0.05) is 36.1 Å². The average molecular weight is 390 g/mol. The Kier molecular flexibility index (Phi) is 4.96. The molecule has 3 heterocycles. The first-order valence-corrected chi connectivity index (χ1v) is 9.90. The number of aliphatic hydroxyl groups excluding tert-OH is 1. The molecule has 0 spiro atoms. The van der Waals surface area contributed by atoms with Gasteiger partial charge in [-0.2, -0.15) is 0 Å². The molecule has 1 aromatic carbocycles. The van der Waals surface area contributed by atoms with Gasteiger partial charge in [-0.05, 0) is 44.9 Å². The van der Waals surface area contributed by atoms with Crippen molar-refractivity contribution in [3.8, 4) is 11.3 Å². The van der Waals surface area contributed by atoms with Crippen molar-refractivity contribution in [1.82, 2.24) is 14.5 Å². The van der Waals surface area contributed by atoms with Crippen molar-refractivity contribution in [2.75, 3.05) is 11.4 Å². The third-order valence-electron chi connectivity index (χ3n) is 5.70. The first kappa shape index (κ1) is 19.3. The number of pyridine rings is 1. The van der Waals surface area contributed by atoms with Crippen LogP contribution in [0.15, 0.2) is 59.7 Å². The number of aliphatic hydroxyl groups is 1. The molecule has 150 valence electrons. The highest BCUT2D eigenvalue weighted by Gasteiger charge is 2.36. The number of anilines is 1. The number of nitrogens with zero attached hydrogens (tertiary/aromatic N) is 4. The quantitative estimate of drug-likeness (QED) is 0.740. The van der Waals surface area contributed by atoms with Gasteiger partial charge in [0.1, 0.15) is 0 Å². The average Bonchev–Trinajstić information content (AvgIpc) is 2.71. The maximum absolute atomic E-state index is 12.8. The van der Waals surface area contributed by atoms with Crippen molar-refractivity contribution in [3.63, 3.8) is 0 Å². The molecule has 6 nitrogen and oxygen atoms in total. The molecule has 1 aliphatic heterocycles. The molecule has 0 amide bonds. The maximum atomic E-state index is 12.8. The van der Waals surface area contributed by atoms with Gasteiger partial charge in [-0.3, -0.25) is 14.3 Å². The van der Waals surface area contributed by atoms with Gasteiger partial charge in [0.2, 0.25) is 5.95 Å². The summed E-state index contributed by atoms with van der Waals surface area (Å²) in [6.07, 6.45) is 3.51. The maximum Gasteiger partial charge on any atom is 0.255 e. The van der Waals surface area contributed by atoms with Gasteiger partial charge in [-0.15, -0.1) is 0 Å². The zero-order chi connectivity index (χ0) is 20.6. The summed E-state index contributed by atoms with van der Waals surface area (Å²) in [7, 11) is 0. The first-order chi connectivity index (χ1) is 13.8. The molecule has 0 saturated heterocycles. The number of hydrogen-bond donors (Lipinski definition) is 1. The summed E-state index contributed by atoms with van der Waals surface area (Å²) in [5, 5.41) is 10.9. The molecule has 29 heavy (non-hydrogen) atoms. The molecule has 0 aliphatic carbocycles. The fourth-order valence-electron chi connectivity index (χ4n) is 3.77. The van der Waals surface area contributed by atoms with E-state index in [1.165, 1.54) is 0 Å². The fraction of sp³-hybridized carbons (Fsp3) is 0.348. The van der Waals surface area contributed by atoms with E-state index in [-0.39, 0.29) is 11.1 Å². The standard InChI is InChI=1S/C23H26N4O2/c1-16-4-6-18(7-5-16)20(28)15-27-22-25-19(17-8-11-24-12-9-17)14-21(29)26(22)13-10-23(27,2)3/h4-9,11-12,14,20,28H,10,13,15H2,1-3H3. The van der Waals surface area contributed by atoms with Crippen LogP contribution in [-0.4, -0.2) is 31.7 Å². The molecule has 1 N–H and O–H groups in total. The Bertz CT molecular complexity index is 1060. The summed E-state index contributed by atoms with van der Waals surface area (Å²) >= 11 is 0. The number of rotatable bonds is 4. The van der Waals surface area contributed by atoms with E-state index >= 15 is 0 Å². The van der Waals surface area contributed by atoms with Crippen LogP contribution in [0.4, 0.5) is 5.95 Å². The van der Waals surface area contributed by atoms with E-state index in [0.29, 0.717) is 24.7 Å². The van der Waals surface area contributed by atoms with Crippen molar-refractivity contribution in [2.24, 2.45) is 0 Å². The summed E-state index contributed by atoms with van der Waals surface area (Å²) in [6, 6.07) is 13.2. The molecule has 2 aromatic heterocycles. The lowest BCUT2D eigenvalue weighted by Gasteiger charge is -2.45. The second-order valence-electron chi connectivity index (χ2n) is 8.27. The van der Waals surface area contributed by atoms with Gasteiger partial charge in [-0.1, -0.05) is 29.8 Å². The van der Waals surface area contributed by atoms with Gasteiger partial charge >= 0.3 is 0 Å². The smallest absolute Gasteiger partial charge is 0.255 e. The molecule has 0 saturated carbocycles. The Balaban J connectivity index is 1.75. The Labute approximate surface area is 170 Å². The minimum Gasteiger partial charge on any atom is -0.387 e. The van der Waals surface area contributed by atoms with Crippen LogP contribution in [0.25, 0.3) is 11.3 Å². The molecule has 4 rings (SSSR count). The molecule has 0 bridgehead atoms. The minimum absolute atomic E-state index is 0.0767. The van der Waals surface area contributed by atoms with Crippen molar-refractivity contribution in [3.05, 3.63) is 76.3 Å². The van der Waals surface area contributed by atoms with Crippen LogP contribution < -0.4 is 10.5 Å². The highest BCUT2D eigenvalue weighted by molar-refractivity contribution is 5.60. The van der Waals surface area contributed by atoms with Gasteiger partial charge in [0.15, 0.2) is 0 Å². The predicted molar refractivity (Wildman–Crippen MR) is 114 cm³/mol. The predicted octanol–water partition coefficient (Wildman–Crippen LogP) is 3.34. The highest BCUT2D eigenvalue weighted by atomic mass is 16.3. The Morgan fingerprint density at radius 2 is 1.83 bits per heavy atom. The first-order valence-electron chi connectivity index (χ1n) is 9.90. The van der Waals surface area contributed by atoms with Gasteiger partial charge in [0.25, 0.3) is 5.56 Å². The minimum atomic E-state index is -0.678. The van der Waals surface area contributed by atoms with Gasteiger partial charge in [0.05, 0.1) is 18.3 Å². The molecule has 1 aliphatic rings. The number of benzene rings is 1. The summed E-state index contributed by atoms with van der Waals surface area (Å²) in [6.45, 7) is 7.26. The van der Waals surface area contributed by atoms with E-state index in [0.717, 1.165) is 23.1 Å². The van der Waals surface area contributed by atoms with Crippen LogP contribution in [0.5, 0.6) is 0 Å². The van der Waals surface area contributed by atoms with Gasteiger partial charge < -0.3 is 10.0 Å². The van der Waals surface area contributed by atoms with Crippen molar-refractivity contribution >= 4 is 5.95 Å². The van der Waals surface area contributed by atoms with Crippen molar-refractivity contribution in [1.29, 1.82) is 0 Å². The van der Waals surface area contributed by atoms with E-state index in [2.05, 4.69) is 23.7 Å². The van der Waals surface area contributed by atoms with Crippen molar-refractivity contribution in [2.45, 2.75) is 45.4 Å². The molecule has 0 radical (unpaired) electrons. The van der Waals surface area contributed by atoms with Crippen LogP contribution in [0.1, 0.15) is 37.5 Å². The zero-order valence-corrected chi connectivity index (χ0v) is 17.0. The Morgan fingerprint density at radius 3 is 2.52 bits per heavy atom. The second-order valence-corrected chi connectivity index (χ2v) is 8.27. The molecule has 1 atom stereocenters. The monoisotopic (exact) mass is 390 g/mol. The Morgan fingerprint density at radius 1 is 1.14 bits per heavy atom. The summed E-state index contributed by atoms with van der Waals surface area (Å²) in [5.74, 6) is 0.603. The SMILES string of the molecule is Cc1ccc(C(O)CN2c3nc(-c4ccncc4)cc(=O)n3CCC2(C)C)cc1.